The summed E-state index contributed by atoms with van der Waals surface area (Å²) in [5.74, 6) is 0.0171. The number of hydrogen-bond donors (Lipinski definition) is 3. The minimum Gasteiger partial charge on any atom is -0.336 e. The first-order chi connectivity index (χ1) is 16.4. The van der Waals surface area contributed by atoms with Crippen LogP contribution in [0.5, 0.6) is 0 Å². The number of carbonyl (C=O) groups excluding carboxylic acids is 2. The van der Waals surface area contributed by atoms with Gasteiger partial charge in [0, 0.05) is 15.6 Å². The third-order valence-electron chi connectivity index (χ3n) is 7.14. The van der Waals surface area contributed by atoms with Gasteiger partial charge in [0.25, 0.3) is 5.91 Å². The smallest absolute Gasteiger partial charge is 0.272 e. The molecule has 2 saturated carbocycles. The maximum atomic E-state index is 12.0. The van der Waals surface area contributed by atoms with E-state index in [1.807, 2.05) is 36.4 Å². The molecule has 1 atom stereocenters. The van der Waals surface area contributed by atoms with Crippen molar-refractivity contribution in [2.45, 2.75) is 68.7 Å². The van der Waals surface area contributed by atoms with Gasteiger partial charge in [0.05, 0.1) is 5.66 Å². The number of benzene rings is 2. The molecule has 2 spiro atoms. The summed E-state index contributed by atoms with van der Waals surface area (Å²) in [5, 5.41) is 10.9. The molecular weight excluding hydrogens is 471 g/mol. The molecule has 0 aromatic heterocycles. The Morgan fingerprint density at radius 1 is 0.765 bits per heavy atom. The summed E-state index contributed by atoms with van der Waals surface area (Å²) in [6.45, 7) is 0. The second kappa shape index (κ2) is 9.33. The molecule has 6 nitrogen and oxygen atoms in total. The highest BCUT2D eigenvalue weighted by atomic mass is 35.5. The summed E-state index contributed by atoms with van der Waals surface area (Å²) in [4.78, 5) is 28.6. The monoisotopic (exact) mass is 498 g/mol. The van der Waals surface area contributed by atoms with Crippen molar-refractivity contribution in [1.29, 1.82) is 0 Å². The molecule has 4 aliphatic rings. The van der Waals surface area contributed by atoms with Crippen LogP contribution in [0.3, 0.4) is 0 Å². The van der Waals surface area contributed by atoms with Crippen LogP contribution >= 0.6 is 23.2 Å². The molecule has 0 radical (unpaired) electrons. The Balaban J connectivity index is 0.000000142. The van der Waals surface area contributed by atoms with Crippen LogP contribution in [-0.2, 0) is 9.59 Å². The lowest BCUT2D eigenvalue weighted by atomic mass is 10.1. The van der Waals surface area contributed by atoms with E-state index in [0.29, 0.717) is 15.8 Å². The summed E-state index contributed by atoms with van der Waals surface area (Å²) in [6, 6.07) is 14.5. The maximum Gasteiger partial charge on any atom is 0.272 e. The van der Waals surface area contributed by atoms with Gasteiger partial charge in [-0.15, -0.1) is 0 Å². The highest BCUT2D eigenvalue weighted by Crippen LogP contribution is 2.35. The largest absolute Gasteiger partial charge is 0.336 e. The third-order valence-corrected chi connectivity index (χ3v) is 7.65. The molecule has 178 valence electrons. The molecule has 2 aromatic carbocycles. The van der Waals surface area contributed by atoms with E-state index in [-0.39, 0.29) is 29.2 Å². The second-order valence-corrected chi connectivity index (χ2v) is 10.4. The van der Waals surface area contributed by atoms with Crippen LogP contribution in [0.1, 0.15) is 68.5 Å². The Bertz CT molecular complexity index is 1100. The van der Waals surface area contributed by atoms with E-state index in [1.165, 1.54) is 12.8 Å². The highest BCUT2D eigenvalue weighted by molar-refractivity contribution is 6.47. The van der Waals surface area contributed by atoms with E-state index in [9.17, 15) is 9.59 Å². The average Bonchev–Trinajstić information content (AvgIpc) is 3.60. The average molecular weight is 499 g/mol. The first kappa shape index (κ1) is 23.3. The molecule has 8 heteroatoms. The van der Waals surface area contributed by atoms with Gasteiger partial charge in [0.15, 0.2) is 0 Å². The van der Waals surface area contributed by atoms with Crippen molar-refractivity contribution in [1.82, 2.24) is 16.0 Å². The van der Waals surface area contributed by atoms with Crippen molar-refractivity contribution in [2.24, 2.45) is 4.99 Å². The van der Waals surface area contributed by atoms with Crippen LogP contribution in [0.25, 0.3) is 0 Å². The summed E-state index contributed by atoms with van der Waals surface area (Å²) < 4.78 is 0. The molecule has 0 bridgehead atoms. The lowest BCUT2D eigenvalue weighted by Gasteiger charge is -2.23. The molecule has 3 fully saturated rings. The number of amides is 2. The molecule has 2 aliphatic heterocycles. The van der Waals surface area contributed by atoms with Gasteiger partial charge in [0.1, 0.15) is 17.4 Å². The van der Waals surface area contributed by atoms with E-state index in [1.54, 1.807) is 12.1 Å². The lowest BCUT2D eigenvalue weighted by Crippen LogP contribution is -2.46. The van der Waals surface area contributed by atoms with Gasteiger partial charge in [-0.05, 0) is 81.2 Å². The summed E-state index contributed by atoms with van der Waals surface area (Å²) >= 11 is 11.7. The SMILES string of the molecule is O=C1NC2(CCCC2)N=C1c1ccc(Cl)cc1.O=C1NC2(CCCC2)NC1c1ccc(Cl)cc1. The van der Waals surface area contributed by atoms with Crippen LogP contribution in [0, 0.1) is 0 Å². The van der Waals surface area contributed by atoms with E-state index in [0.717, 1.165) is 49.7 Å². The second-order valence-electron chi connectivity index (χ2n) is 9.57. The molecular formula is C26H28Cl2N4O2. The zero-order valence-electron chi connectivity index (χ0n) is 18.9. The number of rotatable bonds is 2. The summed E-state index contributed by atoms with van der Waals surface area (Å²) in [6.07, 6.45) is 8.61. The zero-order chi connectivity index (χ0) is 23.8. The maximum absolute atomic E-state index is 12.0. The predicted molar refractivity (Wildman–Crippen MR) is 134 cm³/mol. The van der Waals surface area contributed by atoms with Crippen molar-refractivity contribution >= 4 is 40.7 Å². The van der Waals surface area contributed by atoms with Crippen molar-refractivity contribution in [3.63, 3.8) is 0 Å². The fraction of sp³-hybridized carbons (Fsp3) is 0.423. The van der Waals surface area contributed by atoms with Crippen LogP contribution < -0.4 is 16.0 Å². The zero-order valence-corrected chi connectivity index (χ0v) is 20.4. The number of carbonyl (C=O) groups is 2. The van der Waals surface area contributed by atoms with Crippen LogP contribution in [-0.4, -0.2) is 28.9 Å². The minimum absolute atomic E-state index is 0.0609. The third kappa shape index (κ3) is 4.72. The number of halogens is 2. The number of aliphatic imine (C=N–C) groups is 1. The van der Waals surface area contributed by atoms with Crippen LogP contribution in [0.4, 0.5) is 0 Å². The molecule has 1 saturated heterocycles. The molecule has 34 heavy (non-hydrogen) atoms. The van der Waals surface area contributed by atoms with Gasteiger partial charge < -0.3 is 10.6 Å². The molecule has 2 aliphatic carbocycles. The molecule has 2 heterocycles. The topological polar surface area (TPSA) is 82.6 Å². The van der Waals surface area contributed by atoms with E-state index >= 15 is 0 Å². The Hall–Kier alpha value is -2.41. The van der Waals surface area contributed by atoms with Gasteiger partial charge in [-0.1, -0.05) is 47.5 Å². The normalized spacial score (nSPS) is 24.1. The van der Waals surface area contributed by atoms with E-state index < -0.39 is 0 Å². The molecule has 1 unspecified atom stereocenters. The number of hydrogen-bond acceptors (Lipinski definition) is 4. The summed E-state index contributed by atoms with van der Waals surface area (Å²) in [5.41, 5.74) is 1.91. The van der Waals surface area contributed by atoms with Crippen molar-refractivity contribution < 1.29 is 9.59 Å². The first-order valence-corrected chi connectivity index (χ1v) is 12.7. The van der Waals surface area contributed by atoms with Crippen LogP contribution in [0.15, 0.2) is 53.5 Å². The van der Waals surface area contributed by atoms with Gasteiger partial charge in [-0.2, -0.15) is 0 Å². The molecule has 2 amide bonds. The van der Waals surface area contributed by atoms with Crippen molar-refractivity contribution in [2.75, 3.05) is 0 Å². The summed E-state index contributed by atoms with van der Waals surface area (Å²) in [7, 11) is 0. The highest BCUT2D eigenvalue weighted by Gasteiger charge is 2.45. The standard InChI is InChI=1S/C13H15ClN2O.C13H13ClN2O/c2*14-10-5-3-9(4-6-10)11-12(17)16-13(15-11)7-1-2-8-13/h3-6,11,15H,1-2,7-8H2,(H,16,17);3-6H,1-2,7-8H2,(H,16,17). The fourth-order valence-electron chi connectivity index (χ4n) is 5.39. The Morgan fingerprint density at radius 3 is 1.94 bits per heavy atom. The van der Waals surface area contributed by atoms with E-state index in [2.05, 4.69) is 20.9 Å². The Labute approximate surface area is 209 Å². The first-order valence-electron chi connectivity index (χ1n) is 11.9. The molecule has 3 N–H and O–H groups in total. The predicted octanol–water partition coefficient (Wildman–Crippen LogP) is 4.90. The van der Waals surface area contributed by atoms with Gasteiger partial charge in [-0.25, -0.2) is 0 Å². The van der Waals surface area contributed by atoms with Crippen molar-refractivity contribution in [3.8, 4) is 0 Å². The van der Waals surface area contributed by atoms with Gasteiger partial charge in [0.2, 0.25) is 5.91 Å². The minimum atomic E-state index is -0.313. The van der Waals surface area contributed by atoms with E-state index in [4.69, 9.17) is 23.2 Å². The lowest BCUT2D eigenvalue weighted by molar-refractivity contribution is -0.121. The quantitative estimate of drug-likeness (QED) is 0.550. The fourth-order valence-corrected chi connectivity index (χ4v) is 5.64. The number of nitrogens with zero attached hydrogens (tertiary/aromatic N) is 1. The van der Waals surface area contributed by atoms with Crippen LogP contribution in [0.2, 0.25) is 10.0 Å². The molecule has 2 aromatic rings. The van der Waals surface area contributed by atoms with Crippen molar-refractivity contribution in [3.05, 3.63) is 69.7 Å². The number of nitrogens with one attached hydrogen (secondary N) is 3. The Kier molecular flexibility index (Phi) is 6.40. The Morgan fingerprint density at radius 2 is 1.32 bits per heavy atom. The van der Waals surface area contributed by atoms with Gasteiger partial charge >= 0.3 is 0 Å². The van der Waals surface area contributed by atoms with Gasteiger partial charge in [-0.3, -0.25) is 19.9 Å². The molecule has 6 rings (SSSR count).